The van der Waals surface area contributed by atoms with Crippen molar-refractivity contribution in [1.29, 1.82) is 0 Å². The molecule has 0 amide bonds. The molecule has 4 heteroatoms. The van der Waals surface area contributed by atoms with Crippen LogP contribution in [0.25, 0.3) is 0 Å². The minimum atomic E-state index is -0.0443. The molecule has 1 saturated heterocycles. The van der Waals surface area contributed by atoms with Gasteiger partial charge in [0.1, 0.15) is 0 Å². The molecule has 2 heterocycles. The van der Waals surface area contributed by atoms with Gasteiger partial charge in [0.2, 0.25) is 5.43 Å². The maximum atomic E-state index is 11.5. The molecule has 1 unspecified atom stereocenters. The molecule has 1 aromatic rings. The van der Waals surface area contributed by atoms with Gasteiger partial charge in [-0.15, -0.1) is 0 Å². The van der Waals surface area contributed by atoms with Crippen LogP contribution in [0.5, 0.6) is 5.75 Å². The fourth-order valence-corrected chi connectivity index (χ4v) is 1.81. The zero-order chi connectivity index (χ0) is 10.7. The van der Waals surface area contributed by atoms with E-state index in [1.165, 1.54) is 6.07 Å². The van der Waals surface area contributed by atoms with E-state index in [2.05, 4.69) is 10.3 Å². The minimum Gasteiger partial charge on any atom is -0.487 e. The number of ether oxygens (including phenoxy) is 1. The normalized spacial score (nSPS) is 20.5. The summed E-state index contributed by atoms with van der Waals surface area (Å²) in [5.74, 6) is 0.994. The molecule has 0 bridgehead atoms. The Labute approximate surface area is 88.7 Å². The first kappa shape index (κ1) is 10.2. The Hall–Kier alpha value is -1.29. The molecule has 0 saturated carbocycles. The Balaban J connectivity index is 2.01. The van der Waals surface area contributed by atoms with Crippen LogP contribution >= 0.6 is 0 Å². The molecule has 2 rings (SSSR count). The first-order valence-corrected chi connectivity index (χ1v) is 5.29. The predicted octanol–water partition coefficient (Wildman–Crippen LogP) is 0.672. The number of rotatable bonds is 3. The van der Waals surface area contributed by atoms with Gasteiger partial charge < -0.3 is 15.0 Å². The van der Waals surface area contributed by atoms with Crippen LogP contribution in [-0.2, 0) is 0 Å². The SMILES string of the molecule is Cc1[nH]ccc(=O)c1OCC1CCNC1. The van der Waals surface area contributed by atoms with Gasteiger partial charge in [-0.3, -0.25) is 4.79 Å². The summed E-state index contributed by atoms with van der Waals surface area (Å²) in [5.41, 5.74) is 0.755. The molecule has 4 nitrogen and oxygen atoms in total. The van der Waals surface area contributed by atoms with Crippen molar-refractivity contribution < 1.29 is 4.74 Å². The Morgan fingerprint density at radius 1 is 1.60 bits per heavy atom. The number of aromatic amines is 1. The van der Waals surface area contributed by atoms with Crippen LogP contribution in [-0.4, -0.2) is 24.7 Å². The van der Waals surface area contributed by atoms with Crippen molar-refractivity contribution in [2.24, 2.45) is 5.92 Å². The third-order valence-electron chi connectivity index (χ3n) is 2.72. The van der Waals surface area contributed by atoms with E-state index in [1.54, 1.807) is 6.20 Å². The second kappa shape index (κ2) is 4.49. The summed E-state index contributed by atoms with van der Waals surface area (Å²) in [6.45, 7) is 4.52. The average molecular weight is 208 g/mol. The van der Waals surface area contributed by atoms with E-state index in [9.17, 15) is 4.79 Å². The fourth-order valence-electron chi connectivity index (χ4n) is 1.81. The van der Waals surface area contributed by atoms with Gasteiger partial charge in [0, 0.05) is 24.7 Å². The number of aromatic nitrogens is 1. The molecule has 0 radical (unpaired) electrons. The van der Waals surface area contributed by atoms with Crippen molar-refractivity contribution in [3.63, 3.8) is 0 Å². The molecule has 1 aromatic heterocycles. The average Bonchev–Trinajstić information content (AvgIpc) is 2.70. The maximum Gasteiger partial charge on any atom is 0.223 e. The Kier molecular flexibility index (Phi) is 3.06. The second-order valence-electron chi connectivity index (χ2n) is 3.97. The smallest absolute Gasteiger partial charge is 0.223 e. The van der Waals surface area contributed by atoms with E-state index in [-0.39, 0.29) is 5.43 Å². The fraction of sp³-hybridized carbons (Fsp3) is 0.545. The number of pyridine rings is 1. The monoisotopic (exact) mass is 208 g/mol. The molecule has 0 aliphatic carbocycles. The van der Waals surface area contributed by atoms with Gasteiger partial charge in [-0.2, -0.15) is 0 Å². The van der Waals surface area contributed by atoms with Crippen molar-refractivity contribution in [3.8, 4) is 5.75 Å². The zero-order valence-corrected chi connectivity index (χ0v) is 8.88. The lowest BCUT2D eigenvalue weighted by Crippen LogP contribution is -2.18. The molecule has 1 aliphatic rings. The largest absolute Gasteiger partial charge is 0.487 e. The summed E-state index contributed by atoms with van der Waals surface area (Å²) in [6.07, 6.45) is 2.77. The summed E-state index contributed by atoms with van der Waals surface area (Å²) < 4.78 is 5.57. The van der Waals surface area contributed by atoms with Crippen LogP contribution in [0, 0.1) is 12.8 Å². The van der Waals surface area contributed by atoms with E-state index in [0.29, 0.717) is 18.3 Å². The van der Waals surface area contributed by atoms with Crippen molar-refractivity contribution in [2.45, 2.75) is 13.3 Å². The Bertz CT molecular complexity index is 380. The predicted molar refractivity (Wildman–Crippen MR) is 58.3 cm³/mol. The van der Waals surface area contributed by atoms with Crippen molar-refractivity contribution in [2.75, 3.05) is 19.7 Å². The summed E-state index contributed by atoms with van der Waals surface area (Å²) in [5, 5.41) is 3.27. The number of H-pyrrole nitrogens is 1. The van der Waals surface area contributed by atoms with Crippen molar-refractivity contribution in [1.82, 2.24) is 10.3 Å². The van der Waals surface area contributed by atoms with E-state index < -0.39 is 0 Å². The zero-order valence-electron chi connectivity index (χ0n) is 8.88. The molecule has 1 atom stereocenters. The van der Waals surface area contributed by atoms with Gasteiger partial charge in [-0.1, -0.05) is 0 Å². The van der Waals surface area contributed by atoms with Gasteiger partial charge in [0.25, 0.3) is 0 Å². The van der Waals surface area contributed by atoms with E-state index >= 15 is 0 Å². The Morgan fingerprint density at radius 3 is 3.13 bits per heavy atom. The van der Waals surface area contributed by atoms with E-state index in [1.807, 2.05) is 6.92 Å². The molecule has 1 aliphatic heterocycles. The topological polar surface area (TPSA) is 54.1 Å². The van der Waals surface area contributed by atoms with Crippen LogP contribution in [0.15, 0.2) is 17.1 Å². The molecule has 1 fully saturated rings. The molecule has 15 heavy (non-hydrogen) atoms. The van der Waals surface area contributed by atoms with E-state index in [0.717, 1.165) is 25.2 Å². The van der Waals surface area contributed by atoms with Gasteiger partial charge in [0.05, 0.1) is 12.3 Å². The van der Waals surface area contributed by atoms with E-state index in [4.69, 9.17) is 4.74 Å². The molecular weight excluding hydrogens is 192 g/mol. The highest BCUT2D eigenvalue weighted by Gasteiger charge is 2.16. The number of nitrogens with one attached hydrogen (secondary N) is 2. The van der Waals surface area contributed by atoms with Crippen molar-refractivity contribution in [3.05, 3.63) is 28.2 Å². The van der Waals surface area contributed by atoms with Gasteiger partial charge in [-0.25, -0.2) is 0 Å². The molecular formula is C11H16N2O2. The quantitative estimate of drug-likeness (QED) is 0.767. The van der Waals surface area contributed by atoms with Crippen LogP contribution in [0.4, 0.5) is 0 Å². The second-order valence-corrected chi connectivity index (χ2v) is 3.97. The third kappa shape index (κ3) is 2.39. The number of hydrogen-bond acceptors (Lipinski definition) is 3. The maximum absolute atomic E-state index is 11.5. The standard InChI is InChI=1S/C11H16N2O2/c1-8-11(10(14)3-5-13-8)15-7-9-2-4-12-6-9/h3,5,9,12H,2,4,6-7H2,1H3,(H,13,14). The van der Waals surface area contributed by atoms with Gasteiger partial charge >= 0.3 is 0 Å². The molecule has 82 valence electrons. The summed E-state index contributed by atoms with van der Waals surface area (Å²) in [4.78, 5) is 14.5. The summed E-state index contributed by atoms with van der Waals surface area (Å²) >= 11 is 0. The molecule has 0 spiro atoms. The van der Waals surface area contributed by atoms with Gasteiger partial charge in [-0.05, 0) is 19.9 Å². The summed E-state index contributed by atoms with van der Waals surface area (Å²) in [7, 11) is 0. The van der Waals surface area contributed by atoms with Crippen LogP contribution in [0.3, 0.4) is 0 Å². The highest BCUT2D eigenvalue weighted by molar-refractivity contribution is 5.25. The molecule has 2 N–H and O–H groups in total. The highest BCUT2D eigenvalue weighted by Crippen LogP contribution is 2.12. The first-order chi connectivity index (χ1) is 7.27. The Morgan fingerprint density at radius 2 is 2.47 bits per heavy atom. The lowest BCUT2D eigenvalue weighted by molar-refractivity contribution is 0.255. The lowest BCUT2D eigenvalue weighted by atomic mass is 10.1. The molecule has 0 aromatic carbocycles. The van der Waals surface area contributed by atoms with Gasteiger partial charge in [0.15, 0.2) is 5.75 Å². The highest BCUT2D eigenvalue weighted by atomic mass is 16.5. The van der Waals surface area contributed by atoms with Crippen molar-refractivity contribution >= 4 is 0 Å². The van der Waals surface area contributed by atoms with Crippen LogP contribution in [0.2, 0.25) is 0 Å². The number of aryl methyl sites for hydroxylation is 1. The van der Waals surface area contributed by atoms with Crippen LogP contribution < -0.4 is 15.5 Å². The van der Waals surface area contributed by atoms with Crippen LogP contribution in [0.1, 0.15) is 12.1 Å². The number of hydrogen-bond donors (Lipinski definition) is 2. The minimum absolute atomic E-state index is 0.0443. The lowest BCUT2D eigenvalue weighted by Gasteiger charge is -2.11. The first-order valence-electron chi connectivity index (χ1n) is 5.29. The third-order valence-corrected chi connectivity index (χ3v) is 2.72. The summed E-state index contributed by atoms with van der Waals surface area (Å²) in [6, 6.07) is 1.50.